The second-order valence-corrected chi connectivity index (χ2v) is 3.19. The van der Waals surface area contributed by atoms with Gasteiger partial charge >= 0.3 is 0 Å². The van der Waals surface area contributed by atoms with Crippen molar-refractivity contribution < 1.29 is 9.47 Å². The molecule has 1 saturated heterocycles. The maximum Gasteiger partial charge on any atom is 0.240 e. The van der Waals surface area contributed by atoms with Gasteiger partial charge in [-0.3, -0.25) is 0 Å². The molecule has 1 aromatic rings. The summed E-state index contributed by atoms with van der Waals surface area (Å²) in [6, 6.07) is 0.0729. The molecular formula is C7H13N5O2. The third-order valence-electron chi connectivity index (χ3n) is 2.40. The van der Waals surface area contributed by atoms with Crippen LogP contribution in [0.4, 0.5) is 5.95 Å². The maximum absolute atomic E-state index is 5.62. The van der Waals surface area contributed by atoms with Gasteiger partial charge in [-0.2, -0.15) is 0 Å². The summed E-state index contributed by atoms with van der Waals surface area (Å²) >= 11 is 0. The second-order valence-electron chi connectivity index (χ2n) is 3.19. The molecule has 2 N–H and O–H groups in total. The number of rotatable bonds is 2. The lowest BCUT2D eigenvalue weighted by molar-refractivity contribution is -0.0628. The molecule has 2 unspecified atom stereocenters. The predicted molar refractivity (Wildman–Crippen MR) is 47.5 cm³/mol. The van der Waals surface area contributed by atoms with Gasteiger partial charge in [0.25, 0.3) is 0 Å². The minimum atomic E-state index is -0.0328. The quantitative estimate of drug-likeness (QED) is 0.673. The van der Waals surface area contributed by atoms with Gasteiger partial charge in [0.05, 0.1) is 12.6 Å². The van der Waals surface area contributed by atoms with Crippen molar-refractivity contribution in [2.24, 2.45) is 0 Å². The maximum atomic E-state index is 5.62. The van der Waals surface area contributed by atoms with Crippen LogP contribution >= 0.6 is 0 Å². The first kappa shape index (κ1) is 9.35. The number of tetrazole rings is 1. The van der Waals surface area contributed by atoms with E-state index in [1.165, 1.54) is 0 Å². The largest absolute Gasteiger partial charge is 0.379 e. The molecule has 1 aliphatic heterocycles. The van der Waals surface area contributed by atoms with Crippen LogP contribution in [0.25, 0.3) is 0 Å². The van der Waals surface area contributed by atoms with Gasteiger partial charge in [0.1, 0.15) is 6.10 Å². The molecule has 0 aromatic carbocycles. The molecule has 1 fully saturated rings. The molecule has 14 heavy (non-hydrogen) atoms. The number of hydrogen-bond donors (Lipinski definition) is 1. The third kappa shape index (κ3) is 1.55. The van der Waals surface area contributed by atoms with E-state index >= 15 is 0 Å². The minimum absolute atomic E-state index is 0.0328. The number of methoxy groups -OCH3 is 1. The number of nitrogen functional groups attached to an aromatic ring is 1. The molecule has 0 spiro atoms. The van der Waals surface area contributed by atoms with Gasteiger partial charge < -0.3 is 15.2 Å². The topological polar surface area (TPSA) is 88.1 Å². The van der Waals surface area contributed by atoms with Crippen molar-refractivity contribution in [2.45, 2.75) is 18.6 Å². The highest BCUT2D eigenvalue weighted by Gasteiger charge is 2.29. The Balaban J connectivity index is 2.19. The van der Waals surface area contributed by atoms with E-state index in [0.717, 1.165) is 6.42 Å². The molecule has 0 aliphatic carbocycles. The summed E-state index contributed by atoms with van der Waals surface area (Å²) in [7, 11) is 1.65. The molecule has 2 heterocycles. The highest BCUT2D eigenvalue weighted by Crippen LogP contribution is 2.23. The van der Waals surface area contributed by atoms with E-state index < -0.39 is 0 Å². The van der Waals surface area contributed by atoms with Crippen LogP contribution in [0.2, 0.25) is 0 Å². The van der Waals surface area contributed by atoms with Crippen LogP contribution < -0.4 is 5.73 Å². The fraction of sp³-hybridized carbons (Fsp3) is 0.857. The Kier molecular flexibility index (Phi) is 2.60. The van der Waals surface area contributed by atoms with Gasteiger partial charge in [-0.25, -0.2) is 4.68 Å². The number of nitrogens with two attached hydrogens (primary N) is 1. The van der Waals surface area contributed by atoms with E-state index in [2.05, 4.69) is 15.5 Å². The van der Waals surface area contributed by atoms with E-state index in [-0.39, 0.29) is 12.1 Å². The summed E-state index contributed by atoms with van der Waals surface area (Å²) in [5.74, 6) is 0.318. The first-order chi connectivity index (χ1) is 6.83. The van der Waals surface area contributed by atoms with Crippen molar-refractivity contribution in [1.29, 1.82) is 0 Å². The van der Waals surface area contributed by atoms with Crippen LogP contribution in [-0.4, -0.2) is 46.6 Å². The molecule has 78 valence electrons. The first-order valence-corrected chi connectivity index (χ1v) is 4.47. The molecule has 2 rings (SSSR count). The summed E-state index contributed by atoms with van der Waals surface area (Å²) in [5.41, 5.74) is 5.62. The van der Waals surface area contributed by atoms with E-state index in [1.54, 1.807) is 11.8 Å². The van der Waals surface area contributed by atoms with Crippen molar-refractivity contribution >= 4 is 5.95 Å². The summed E-state index contributed by atoms with van der Waals surface area (Å²) in [5, 5.41) is 11.0. The Morgan fingerprint density at radius 3 is 3.14 bits per heavy atom. The van der Waals surface area contributed by atoms with Gasteiger partial charge in [-0.1, -0.05) is 5.10 Å². The smallest absolute Gasteiger partial charge is 0.240 e. The highest BCUT2D eigenvalue weighted by molar-refractivity contribution is 5.12. The molecule has 7 nitrogen and oxygen atoms in total. The van der Waals surface area contributed by atoms with Crippen molar-refractivity contribution in [3.8, 4) is 0 Å². The third-order valence-corrected chi connectivity index (χ3v) is 2.40. The van der Waals surface area contributed by atoms with E-state index in [9.17, 15) is 0 Å². The van der Waals surface area contributed by atoms with Crippen LogP contribution in [0.1, 0.15) is 12.5 Å². The fourth-order valence-electron chi connectivity index (χ4n) is 1.64. The van der Waals surface area contributed by atoms with Crippen molar-refractivity contribution in [3.63, 3.8) is 0 Å². The molecule has 0 bridgehead atoms. The highest BCUT2D eigenvalue weighted by atomic mass is 16.5. The lowest BCUT2D eigenvalue weighted by atomic mass is 10.1. The monoisotopic (exact) mass is 199 g/mol. The molecular weight excluding hydrogens is 186 g/mol. The van der Waals surface area contributed by atoms with Crippen LogP contribution in [-0.2, 0) is 9.47 Å². The minimum Gasteiger partial charge on any atom is -0.379 e. The Bertz CT molecular complexity index is 302. The lowest BCUT2D eigenvalue weighted by Crippen LogP contribution is -2.36. The van der Waals surface area contributed by atoms with Crippen LogP contribution in [0, 0.1) is 0 Å². The molecule has 2 atom stereocenters. The van der Waals surface area contributed by atoms with Crippen LogP contribution in [0.15, 0.2) is 0 Å². The Hall–Kier alpha value is -1.21. The Labute approximate surface area is 81.2 Å². The van der Waals surface area contributed by atoms with Crippen molar-refractivity contribution in [3.05, 3.63) is 0 Å². The average Bonchev–Trinajstić information content (AvgIpc) is 2.64. The molecule has 0 radical (unpaired) electrons. The molecule has 0 saturated carbocycles. The summed E-state index contributed by atoms with van der Waals surface area (Å²) < 4.78 is 12.2. The van der Waals surface area contributed by atoms with Gasteiger partial charge in [0.15, 0.2) is 0 Å². The molecule has 0 amide bonds. The zero-order valence-electron chi connectivity index (χ0n) is 7.96. The van der Waals surface area contributed by atoms with E-state index in [4.69, 9.17) is 15.2 Å². The van der Waals surface area contributed by atoms with Crippen molar-refractivity contribution in [2.75, 3.05) is 26.1 Å². The molecule has 1 aromatic heterocycles. The first-order valence-electron chi connectivity index (χ1n) is 4.47. The number of hydrogen-bond acceptors (Lipinski definition) is 6. The van der Waals surface area contributed by atoms with Crippen molar-refractivity contribution in [1.82, 2.24) is 20.2 Å². The van der Waals surface area contributed by atoms with Gasteiger partial charge in [-0.05, 0) is 16.8 Å². The lowest BCUT2D eigenvalue weighted by Gasteiger charge is -2.29. The fourth-order valence-corrected chi connectivity index (χ4v) is 1.64. The SMILES string of the molecule is COC1COCCC1n1nnnc1N. The molecule has 7 heteroatoms. The normalized spacial score (nSPS) is 27.8. The number of aromatic nitrogens is 4. The Morgan fingerprint density at radius 2 is 2.50 bits per heavy atom. The van der Waals surface area contributed by atoms with E-state index in [0.29, 0.717) is 19.2 Å². The van der Waals surface area contributed by atoms with Gasteiger partial charge in [0.2, 0.25) is 5.95 Å². The summed E-state index contributed by atoms with van der Waals surface area (Å²) in [6.07, 6.45) is 0.780. The standard InChI is InChI=1S/C7H13N5O2/c1-13-6-4-14-3-2-5(6)12-7(8)9-10-11-12/h5-6H,2-4H2,1H3,(H2,8,9,11). The predicted octanol–water partition coefficient (Wildman–Crippen LogP) is -0.768. The number of ether oxygens (including phenoxy) is 2. The average molecular weight is 199 g/mol. The van der Waals surface area contributed by atoms with E-state index in [1.807, 2.05) is 0 Å². The zero-order chi connectivity index (χ0) is 9.97. The van der Waals surface area contributed by atoms with Gasteiger partial charge in [0, 0.05) is 13.7 Å². The number of anilines is 1. The Morgan fingerprint density at radius 1 is 1.64 bits per heavy atom. The second kappa shape index (κ2) is 3.89. The van der Waals surface area contributed by atoms with Crippen LogP contribution in [0.5, 0.6) is 0 Å². The van der Waals surface area contributed by atoms with Gasteiger partial charge in [-0.15, -0.1) is 0 Å². The summed E-state index contributed by atoms with van der Waals surface area (Å²) in [6.45, 7) is 1.24. The number of nitrogens with zero attached hydrogens (tertiary/aromatic N) is 4. The summed E-state index contributed by atoms with van der Waals surface area (Å²) in [4.78, 5) is 0. The molecule has 1 aliphatic rings. The van der Waals surface area contributed by atoms with Crippen LogP contribution in [0.3, 0.4) is 0 Å². The zero-order valence-corrected chi connectivity index (χ0v) is 7.96.